The van der Waals surface area contributed by atoms with E-state index in [1.165, 1.54) is 29.0 Å². The molecule has 2 aromatic heterocycles. The quantitative estimate of drug-likeness (QED) is 0.773. The first-order valence-electron chi connectivity index (χ1n) is 6.12. The van der Waals surface area contributed by atoms with Crippen LogP contribution in [0.3, 0.4) is 0 Å². The number of imidazole rings is 1. The largest absolute Gasteiger partial charge is 0.381 e. The van der Waals surface area contributed by atoms with Crippen LogP contribution >= 0.6 is 11.3 Å². The summed E-state index contributed by atoms with van der Waals surface area (Å²) in [6.07, 6.45) is 6.40. The van der Waals surface area contributed by atoms with Gasteiger partial charge in [0.25, 0.3) is 0 Å². The Bertz CT molecular complexity index is 499. The van der Waals surface area contributed by atoms with Gasteiger partial charge in [0.1, 0.15) is 0 Å². The van der Waals surface area contributed by atoms with Crippen molar-refractivity contribution in [3.63, 3.8) is 0 Å². The third-order valence-electron chi connectivity index (χ3n) is 3.85. The smallest absolute Gasteiger partial charge is 0.0957 e. The van der Waals surface area contributed by atoms with Gasteiger partial charge in [-0.05, 0) is 24.3 Å². The Morgan fingerprint density at radius 2 is 2.47 bits per heavy atom. The van der Waals surface area contributed by atoms with Crippen molar-refractivity contribution in [3.05, 3.63) is 28.8 Å². The van der Waals surface area contributed by atoms with Crippen molar-refractivity contribution in [3.8, 4) is 11.3 Å². The molecule has 3 nitrogen and oxygen atoms in total. The van der Waals surface area contributed by atoms with Crippen molar-refractivity contribution < 1.29 is 4.74 Å². The third-order valence-corrected chi connectivity index (χ3v) is 4.84. The monoisotopic (exact) mass is 246 g/mol. The SMILES string of the molecule is c1cc2c(s1)[C@@H](C1CCCOC1)n1cncc1-2. The van der Waals surface area contributed by atoms with Gasteiger partial charge in [-0.2, -0.15) is 0 Å². The number of rotatable bonds is 1. The van der Waals surface area contributed by atoms with Crippen molar-refractivity contribution >= 4 is 11.3 Å². The van der Waals surface area contributed by atoms with E-state index in [4.69, 9.17) is 4.74 Å². The van der Waals surface area contributed by atoms with E-state index in [-0.39, 0.29) is 0 Å². The van der Waals surface area contributed by atoms with Gasteiger partial charge in [0.15, 0.2) is 0 Å². The van der Waals surface area contributed by atoms with E-state index in [1.807, 2.05) is 23.9 Å². The highest BCUT2D eigenvalue weighted by Crippen LogP contribution is 2.47. The van der Waals surface area contributed by atoms with Crippen molar-refractivity contribution in [2.24, 2.45) is 5.92 Å². The zero-order chi connectivity index (χ0) is 11.2. The Labute approximate surface area is 104 Å². The Kier molecular flexibility index (Phi) is 2.13. The van der Waals surface area contributed by atoms with E-state index in [9.17, 15) is 0 Å². The predicted molar refractivity (Wildman–Crippen MR) is 67.2 cm³/mol. The number of nitrogens with zero attached hydrogens (tertiary/aromatic N) is 2. The first-order valence-corrected chi connectivity index (χ1v) is 7.00. The summed E-state index contributed by atoms with van der Waals surface area (Å²) in [4.78, 5) is 5.79. The standard InChI is InChI=1S/C13H14N2OS/c1-2-9(7-16-4-1)12-13-10(3-5-17-13)11-6-14-8-15(11)12/h3,5-6,8-9,12H,1-2,4,7H2/t9?,12-/m1/s1. The summed E-state index contributed by atoms with van der Waals surface area (Å²) < 4.78 is 7.98. The minimum Gasteiger partial charge on any atom is -0.381 e. The fraction of sp³-hybridized carbons (Fsp3) is 0.462. The molecule has 0 N–H and O–H groups in total. The fourth-order valence-corrected chi connectivity index (χ4v) is 4.17. The normalized spacial score (nSPS) is 26.8. The highest BCUT2D eigenvalue weighted by Gasteiger charge is 2.36. The molecule has 0 saturated carbocycles. The molecule has 4 heterocycles. The van der Waals surface area contributed by atoms with E-state index in [0.29, 0.717) is 12.0 Å². The fourth-order valence-electron chi connectivity index (χ4n) is 3.08. The van der Waals surface area contributed by atoms with Gasteiger partial charge >= 0.3 is 0 Å². The molecular formula is C13H14N2OS. The number of ether oxygens (including phenoxy) is 1. The first kappa shape index (κ1) is 9.85. The number of hydrogen-bond donors (Lipinski definition) is 0. The van der Waals surface area contributed by atoms with Gasteiger partial charge in [-0.1, -0.05) is 0 Å². The van der Waals surface area contributed by atoms with Crippen LogP contribution in [0.1, 0.15) is 23.8 Å². The van der Waals surface area contributed by atoms with Crippen LogP contribution in [0.5, 0.6) is 0 Å². The van der Waals surface area contributed by atoms with Gasteiger partial charge in [0, 0.05) is 23.0 Å². The van der Waals surface area contributed by atoms with Crippen LogP contribution in [0.15, 0.2) is 24.0 Å². The minimum absolute atomic E-state index is 0.461. The molecule has 1 fully saturated rings. The molecule has 2 atom stereocenters. The second-order valence-electron chi connectivity index (χ2n) is 4.81. The van der Waals surface area contributed by atoms with Gasteiger partial charge in [0.05, 0.1) is 30.9 Å². The van der Waals surface area contributed by atoms with Crippen molar-refractivity contribution in [1.82, 2.24) is 9.55 Å². The minimum atomic E-state index is 0.461. The number of aromatic nitrogens is 2. The number of hydrogen-bond acceptors (Lipinski definition) is 3. The molecule has 0 aliphatic carbocycles. The highest BCUT2D eigenvalue weighted by atomic mass is 32.1. The van der Waals surface area contributed by atoms with E-state index < -0.39 is 0 Å². The van der Waals surface area contributed by atoms with Crippen molar-refractivity contribution in [2.75, 3.05) is 13.2 Å². The second kappa shape index (κ2) is 3.68. The lowest BCUT2D eigenvalue weighted by Crippen LogP contribution is -2.26. The maximum absolute atomic E-state index is 5.65. The average Bonchev–Trinajstić information content (AvgIpc) is 3.01. The van der Waals surface area contributed by atoms with E-state index in [1.54, 1.807) is 0 Å². The molecule has 0 spiro atoms. The van der Waals surface area contributed by atoms with E-state index in [2.05, 4.69) is 21.0 Å². The van der Waals surface area contributed by atoms with Crippen LogP contribution in [0.25, 0.3) is 11.3 Å². The molecule has 2 aliphatic heterocycles. The summed E-state index contributed by atoms with van der Waals surface area (Å²) in [5.74, 6) is 0.608. The lowest BCUT2D eigenvalue weighted by Gasteiger charge is -2.28. The van der Waals surface area contributed by atoms with E-state index >= 15 is 0 Å². The van der Waals surface area contributed by atoms with Gasteiger partial charge in [-0.25, -0.2) is 4.98 Å². The molecule has 4 heteroatoms. The maximum Gasteiger partial charge on any atom is 0.0957 e. The molecule has 17 heavy (non-hydrogen) atoms. The van der Waals surface area contributed by atoms with Crippen molar-refractivity contribution in [1.29, 1.82) is 0 Å². The van der Waals surface area contributed by atoms with E-state index in [0.717, 1.165) is 13.2 Å². The van der Waals surface area contributed by atoms with Gasteiger partial charge in [0.2, 0.25) is 0 Å². The van der Waals surface area contributed by atoms with Crippen LogP contribution < -0.4 is 0 Å². The van der Waals surface area contributed by atoms with Gasteiger partial charge in [-0.3, -0.25) is 0 Å². The van der Waals surface area contributed by atoms with Crippen LogP contribution in [-0.2, 0) is 4.74 Å². The Morgan fingerprint density at radius 1 is 1.47 bits per heavy atom. The summed E-state index contributed by atoms with van der Waals surface area (Å²) in [7, 11) is 0. The molecule has 0 bridgehead atoms. The maximum atomic E-state index is 5.65. The number of thiophene rings is 1. The predicted octanol–water partition coefficient (Wildman–Crippen LogP) is 2.94. The molecule has 4 rings (SSSR count). The van der Waals surface area contributed by atoms with Crippen LogP contribution in [0.2, 0.25) is 0 Å². The number of fused-ring (bicyclic) bond motifs is 3. The second-order valence-corrected chi connectivity index (χ2v) is 5.75. The summed E-state index contributed by atoms with van der Waals surface area (Å²) in [6, 6.07) is 2.68. The molecule has 0 amide bonds. The Balaban J connectivity index is 1.81. The third kappa shape index (κ3) is 1.34. The molecule has 2 aliphatic rings. The molecule has 0 aromatic carbocycles. The molecule has 1 saturated heterocycles. The zero-order valence-corrected chi connectivity index (χ0v) is 10.3. The first-order chi connectivity index (χ1) is 8.45. The highest BCUT2D eigenvalue weighted by molar-refractivity contribution is 7.10. The van der Waals surface area contributed by atoms with Crippen molar-refractivity contribution in [2.45, 2.75) is 18.9 Å². The Hall–Kier alpha value is -1.13. The van der Waals surface area contributed by atoms with Crippen LogP contribution in [0.4, 0.5) is 0 Å². The Morgan fingerprint density at radius 3 is 3.35 bits per heavy atom. The molecule has 2 aromatic rings. The summed E-state index contributed by atoms with van der Waals surface area (Å²) in [5.41, 5.74) is 2.65. The topological polar surface area (TPSA) is 27.1 Å². The summed E-state index contributed by atoms with van der Waals surface area (Å²) >= 11 is 1.87. The lowest BCUT2D eigenvalue weighted by molar-refractivity contribution is 0.0413. The average molecular weight is 246 g/mol. The zero-order valence-electron chi connectivity index (χ0n) is 9.50. The molecule has 88 valence electrons. The van der Waals surface area contributed by atoms with Crippen LogP contribution in [0, 0.1) is 5.92 Å². The molecular weight excluding hydrogens is 232 g/mol. The summed E-state index contributed by atoms with van der Waals surface area (Å²) in [5, 5.41) is 2.19. The van der Waals surface area contributed by atoms with Gasteiger partial charge in [-0.15, -0.1) is 11.3 Å². The summed E-state index contributed by atoms with van der Waals surface area (Å²) in [6.45, 7) is 1.82. The molecule has 0 radical (unpaired) electrons. The van der Waals surface area contributed by atoms with Gasteiger partial charge < -0.3 is 9.30 Å². The lowest BCUT2D eigenvalue weighted by atomic mass is 9.93. The van der Waals surface area contributed by atoms with Crippen LogP contribution in [-0.4, -0.2) is 22.8 Å². The molecule has 1 unspecified atom stereocenters.